The van der Waals surface area contributed by atoms with Crippen LogP contribution in [0.4, 0.5) is 0 Å². The summed E-state index contributed by atoms with van der Waals surface area (Å²) in [6.07, 6.45) is 3.61. The Bertz CT molecular complexity index is 980. The number of amides is 2. The molecule has 0 fully saturated rings. The number of aromatic nitrogens is 1. The Morgan fingerprint density at radius 2 is 1.57 bits per heavy atom. The SMILES string of the molecule is C=CCN(CC(=O)N(Cc1ccccc1)Cc1cccn1C)C(=O)c1ccccc1. The molecule has 0 aliphatic rings. The van der Waals surface area contributed by atoms with Gasteiger partial charge in [0, 0.05) is 37.6 Å². The van der Waals surface area contributed by atoms with Crippen LogP contribution in [0.15, 0.2) is 91.6 Å². The van der Waals surface area contributed by atoms with Gasteiger partial charge in [-0.2, -0.15) is 0 Å². The van der Waals surface area contributed by atoms with Crippen molar-refractivity contribution in [2.24, 2.45) is 7.05 Å². The van der Waals surface area contributed by atoms with E-state index in [4.69, 9.17) is 0 Å². The first-order valence-electron chi connectivity index (χ1n) is 9.95. The van der Waals surface area contributed by atoms with Crippen LogP contribution in [0.1, 0.15) is 21.6 Å². The van der Waals surface area contributed by atoms with Crippen LogP contribution in [-0.4, -0.2) is 39.3 Å². The van der Waals surface area contributed by atoms with Crippen molar-refractivity contribution in [2.75, 3.05) is 13.1 Å². The number of aryl methyl sites for hydroxylation is 1. The van der Waals surface area contributed by atoms with Crippen molar-refractivity contribution in [1.82, 2.24) is 14.4 Å². The maximum Gasteiger partial charge on any atom is 0.254 e. The summed E-state index contributed by atoms with van der Waals surface area (Å²) >= 11 is 0. The molecule has 3 aromatic rings. The molecule has 0 saturated heterocycles. The Labute approximate surface area is 177 Å². The lowest BCUT2D eigenvalue weighted by Gasteiger charge is -2.27. The average molecular weight is 402 g/mol. The molecule has 2 aromatic carbocycles. The molecule has 30 heavy (non-hydrogen) atoms. The smallest absolute Gasteiger partial charge is 0.254 e. The first kappa shape index (κ1) is 21.1. The summed E-state index contributed by atoms with van der Waals surface area (Å²) in [4.78, 5) is 29.5. The summed E-state index contributed by atoms with van der Waals surface area (Å²) in [5.74, 6) is -0.284. The third-order valence-corrected chi connectivity index (χ3v) is 4.96. The molecule has 0 N–H and O–H groups in total. The van der Waals surface area contributed by atoms with E-state index in [1.54, 1.807) is 23.1 Å². The lowest BCUT2D eigenvalue weighted by Crippen LogP contribution is -2.42. The quantitative estimate of drug-likeness (QED) is 0.511. The van der Waals surface area contributed by atoms with Crippen LogP contribution in [0.2, 0.25) is 0 Å². The van der Waals surface area contributed by atoms with E-state index in [2.05, 4.69) is 6.58 Å². The monoisotopic (exact) mass is 401 g/mol. The van der Waals surface area contributed by atoms with Crippen LogP contribution in [0.5, 0.6) is 0 Å². The van der Waals surface area contributed by atoms with Crippen LogP contribution in [0.25, 0.3) is 0 Å². The molecular formula is C25H27N3O2. The molecule has 5 heteroatoms. The van der Waals surface area contributed by atoms with Gasteiger partial charge < -0.3 is 14.4 Å². The highest BCUT2D eigenvalue weighted by atomic mass is 16.2. The molecule has 0 aliphatic heterocycles. The summed E-state index contributed by atoms with van der Waals surface area (Å²) < 4.78 is 2.00. The van der Waals surface area contributed by atoms with Crippen LogP contribution < -0.4 is 0 Å². The predicted octanol–water partition coefficient (Wildman–Crippen LogP) is 3.88. The van der Waals surface area contributed by atoms with Gasteiger partial charge in [0.05, 0.1) is 6.54 Å². The van der Waals surface area contributed by atoms with E-state index in [0.29, 0.717) is 25.2 Å². The van der Waals surface area contributed by atoms with Crippen molar-refractivity contribution in [3.8, 4) is 0 Å². The minimum Gasteiger partial charge on any atom is -0.353 e. The van der Waals surface area contributed by atoms with Gasteiger partial charge in [-0.15, -0.1) is 6.58 Å². The van der Waals surface area contributed by atoms with Gasteiger partial charge in [0.15, 0.2) is 0 Å². The molecule has 2 amide bonds. The summed E-state index contributed by atoms with van der Waals surface area (Å²) in [7, 11) is 1.96. The summed E-state index contributed by atoms with van der Waals surface area (Å²) in [5.41, 5.74) is 2.64. The topological polar surface area (TPSA) is 45.6 Å². The Balaban J connectivity index is 1.80. The van der Waals surface area contributed by atoms with Gasteiger partial charge in [-0.05, 0) is 29.8 Å². The second-order valence-electron chi connectivity index (χ2n) is 7.19. The molecule has 154 valence electrons. The fraction of sp³-hybridized carbons (Fsp3) is 0.200. The molecule has 0 atom stereocenters. The second-order valence-corrected chi connectivity index (χ2v) is 7.19. The van der Waals surface area contributed by atoms with Gasteiger partial charge in [0.1, 0.15) is 6.54 Å². The van der Waals surface area contributed by atoms with Crippen LogP contribution >= 0.6 is 0 Å². The molecule has 5 nitrogen and oxygen atoms in total. The Kier molecular flexibility index (Phi) is 7.22. The first-order valence-corrected chi connectivity index (χ1v) is 9.95. The molecule has 0 saturated carbocycles. The van der Waals surface area contributed by atoms with Gasteiger partial charge in [-0.1, -0.05) is 54.6 Å². The van der Waals surface area contributed by atoms with E-state index in [0.717, 1.165) is 11.3 Å². The molecule has 0 spiro atoms. The molecule has 0 aliphatic carbocycles. The van der Waals surface area contributed by atoms with E-state index in [-0.39, 0.29) is 18.4 Å². The highest BCUT2D eigenvalue weighted by molar-refractivity contribution is 5.96. The van der Waals surface area contributed by atoms with E-state index in [1.807, 2.05) is 78.5 Å². The van der Waals surface area contributed by atoms with Crippen molar-refractivity contribution >= 4 is 11.8 Å². The van der Waals surface area contributed by atoms with Crippen molar-refractivity contribution in [1.29, 1.82) is 0 Å². The minimum atomic E-state index is -0.178. The molecule has 3 rings (SSSR count). The number of nitrogens with zero attached hydrogens (tertiary/aromatic N) is 3. The lowest BCUT2D eigenvalue weighted by atomic mass is 10.2. The normalized spacial score (nSPS) is 10.4. The number of rotatable bonds is 9. The van der Waals surface area contributed by atoms with Crippen molar-refractivity contribution in [2.45, 2.75) is 13.1 Å². The second kappa shape index (κ2) is 10.3. The largest absolute Gasteiger partial charge is 0.353 e. The van der Waals surface area contributed by atoms with Gasteiger partial charge in [-0.25, -0.2) is 0 Å². The van der Waals surface area contributed by atoms with Crippen molar-refractivity contribution < 1.29 is 9.59 Å². The molecule has 0 radical (unpaired) electrons. The van der Waals surface area contributed by atoms with Gasteiger partial charge in [0.2, 0.25) is 5.91 Å². The third-order valence-electron chi connectivity index (χ3n) is 4.96. The Morgan fingerprint density at radius 1 is 0.900 bits per heavy atom. The minimum absolute atomic E-state index is 0.00297. The summed E-state index contributed by atoms with van der Waals surface area (Å²) in [6.45, 7) is 5.00. The fourth-order valence-electron chi connectivity index (χ4n) is 3.29. The van der Waals surface area contributed by atoms with E-state index < -0.39 is 0 Å². The van der Waals surface area contributed by atoms with Crippen LogP contribution in [0, 0.1) is 0 Å². The van der Waals surface area contributed by atoms with Gasteiger partial charge >= 0.3 is 0 Å². The molecule has 0 bridgehead atoms. The zero-order chi connectivity index (χ0) is 21.3. The van der Waals surface area contributed by atoms with Crippen LogP contribution in [0.3, 0.4) is 0 Å². The fourth-order valence-corrected chi connectivity index (χ4v) is 3.29. The number of benzene rings is 2. The predicted molar refractivity (Wildman–Crippen MR) is 119 cm³/mol. The number of carbonyl (C=O) groups is 2. The zero-order valence-electron chi connectivity index (χ0n) is 17.3. The first-order chi connectivity index (χ1) is 14.6. The lowest BCUT2D eigenvalue weighted by molar-refractivity contribution is -0.133. The standard InChI is InChI=1S/C25H27N3O2/c1-3-16-27(25(30)22-13-8-5-9-14-22)20-24(29)28(18-21-11-6-4-7-12-21)19-23-15-10-17-26(23)2/h3-15,17H,1,16,18-20H2,2H3. The number of hydrogen-bond donors (Lipinski definition) is 0. The van der Waals surface area contributed by atoms with E-state index >= 15 is 0 Å². The Morgan fingerprint density at radius 3 is 2.17 bits per heavy atom. The van der Waals surface area contributed by atoms with E-state index in [1.165, 1.54) is 4.90 Å². The van der Waals surface area contributed by atoms with E-state index in [9.17, 15) is 9.59 Å². The molecule has 1 heterocycles. The Hall–Kier alpha value is -3.60. The van der Waals surface area contributed by atoms with Gasteiger partial charge in [-0.3, -0.25) is 9.59 Å². The maximum absolute atomic E-state index is 13.3. The average Bonchev–Trinajstić information content (AvgIpc) is 3.18. The van der Waals surface area contributed by atoms with Crippen molar-refractivity contribution in [3.63, 3.8) is 0 Å². The van der Waals surface area contributed by atoms with Crippen LogP contribution in [-0.2, 0) is 24.9 Å². The molecular weight excluding hydrogens is 374 g/mol. The number of hydrogen-bond acceptors (Lipinski definition) is 2. The summed E-state index contributed by atoms with van der Waals surface area (Å²) in [5, 5.41) is 0. The highest BCUT2D eigenvalue weighted by Gasteiger charge is 2.22. The maximum atomic E-state index is 13.3. The summed E-state index contributed by atoms with van der Waals surface area (Å²) in [6, 6.07) is 22.9. The van der Waals surface area contributed by atoms with Gasteiger partial charge in [0.25, 0.3) is 5.91 Å². The third kappa shape index (κ3) is 5.47. The molecule has 0 unspecified atom stereocenters. The number of carbonyl (C=O) groups excluding carboxylic acids is 2. The zero-order valence-corrected chi connectivity index (χ0v) is 17.3. The highest BCUT2D eigenvalue weighted by Crippen LogP contribution is 2.13. The van der Waals surface area contributed by atoms with Crippen molar-refractivity contribution in [3.05, 3.63) is 108 Å². The molecule has 1 aromatic heterocycles.